The Morgan fingerprint density at radius 3 is 2.27 bits per heavy atom. The van der Waals surface area contributed by atoms with Crippen molar-refractivity contribution in [1.82, 2.24) is 4.90 Å². The van der Waals surface area contributed by atoms with Gasteiger partial charge in [0.15, 0.2) is 0 Å². The Balaban J connectivity index is 3.14. The van der Waals surface area contributed by atoms with Gasteiger partial charge in [0.1, 0.15) is 0 Å². The fourth-order valence-electron chi connectivity index (χ4n) is 2.91. The lowest BCUT2D eigenvalue weighted by Gasteiger charge is -2.30. The van der Waals surface area contributed by atoms with Gasteiger partial charge in [-0.05, 0) is 43.0 Å². The fraction of sp³-hybridized carbons (Fsp3) is 0.619. The van der Waals surface area contributed by atoms with E-state index in [0.29, 0.717) is 25.3 Å². The van der Waals surface area contributed by atoms with Crippen molar-refractivity contribution in [2.24, 2.45) is 5.92 Å². The molecule has 0 unspecified atom stereocenters. The molecule has 1 N–H and O–H groups in total. The number of hydrogen-bond donors (Lipinski definition) is 1. The quantitative estimate of drug-likeness (QED) is 0.714. The lowest BCUT2D eigenvalue weighted by Crippen LogP contribution is -2.37. The molecule has 5 heteroatoms. The van der Waals surface area contributed by atoms with Crippen LogP contribution in [0.25, 0.3) is 0 Å². The van der Waals surface area contributed by atoms with E-state index < -0.39 is 0 Å². The summed E-state index contributed by atoms with van der Waals surface area (Å²) < 4.78 is 0. The molecule has 0 spiro atoms. The summed E-state index contributed by atoms with van der Waals surface area (Å²) in [5.41, 5.74) is 2.88. The van der Waals surface area contributed by atoms with Gasteiger partial charge in [-0.2, -0.15) is 0 Å². The van der Waals surface area contributed by atoms with E-state index >= 15 is 0 Å². The molecule has 1 aromatic carbocycles. The Kier molecular flexibility index (Phi) is 8.62. The van der Waals surface area contributed by atoms with E-state index in [1.54, 1.807) is 0 Å². The second-order valence-corrected chi connectivity index (χ2v) is 7.52. The summed E-state index contributed by atoms with van der Waals surface area (Å²) in [7, 11) is 3.98. The molecule has 0 saturated heterocycles. The van der Waals surface area contributed by atoms with Crippen molar-refractivity contribution in [3.05, 3.63) is 23.8 Å². The summed E-state index contributed by atoms with van der Waals surface area (Å²) in [4.78, 5) is 28.5. The predicted molar refractivity (Wildman–Crippen MR) is 109 cm³/mol. The highest BCUT2D eigenvalue weighted by Gasteiger charge is 2.20. The van der Waals surface area contributed by atoms with Gasteiger partial charge in [0, 0.05) is 50.9 Å². The van der Waals surface area contributed by atoms with Crippen LogP contribution in [0.2, 0.25) is 0 Å². The number of nitrogens with zero attached hydrogens (tertiary/aromatic N) is 2. The van der Waals surface area contributed by atoms with Crippen LogP contribution >= 0.6 is 0 Å². The molecule has 1 atom stereocenters. The largest absolute Gasteiger partial charge is 0.377 e. The normalized spacial score (nSPS) is 12.0. The van der Waals surface area contributed by atoms with E-state index in [0.717, 1.165) is 23.4 Å². The summed E-state index contributed by atoms with van der Waals surface area (Å²) in [6, 6.07) is 6.10. The monoisotopic (exact) mass is 361 g/mol. The molecule has 2 amide bonds. The minimum absolute atomic E-state index is 0.0203. The van der Waals surface area contributed by atoms with Crippen LogP contribution in [0.4, 0.5) is 11.4 Å². The third-order valence-corrected chi connectivity index (χ3v) is 4.53. The molecule has 26 heavy (non-hydrogen) atoms. The molecule has 0 heterocycles. The number of nitrogens with one attached hydrogen (secondary N) is 1. The fourth-order valence-corrected chi connectivity index (χ4v) is 2.91. The van der Waals surface area contributed by atoms with Crippen LogP contribution in [-0.4, -0.2) is 36.9 Å². The molecule has 0 aliphatic heterocycles. The molecule has 0 aliphatic rings. The van der Waals surface area contributed by atoms with E-state index in [1.165, 1.54) is 0 Å². The van der Waals surface area contributed by atoms with Crippen molar-refractivity contribution in [2.75, 3.05) is 24.3 Å². The Labute approximate surface area is 158 Å². The first kappa shape index (κ1) is 22.0. The molecule has 146 valence electrons. The van der Waals surface area contributed by atoms with Crippen molar-refractivity contribution >= 4 is 23.2 Å². The minimum Gasteiger partial charge on any atom is -0.377 e. The van der Waals surface area contributed by atoms with Crippen LogP contribution in [0.15, 0.2) is 18.2 Å². The van der Waals surface area contributed by atoms with E-state index in [2.05, 4.69) is 19.2 Å². The first-order chi connectivity index (χ1) is 12.2. The number of amides is 2. The number of carbonyl (C=O) groups excluding carboxylic acids is 2. The molecule has 1 aromatic rings. The summed E-state index contributed by atoms with van der Waals surface area (Å²) >= 11 is 0. The van der Waals surface area contributed by atoms with E-state index in [9.17, 15) is 9.59 Å². The zero-order valence-electron chi connectivity index (χ0n) is 17.4. The van der Waals surface area contributed by atoms with E-state index in [4.69, 9.17) is 0 Å². The van der Waals surface area contributed by atoms with Gasteiger partial charge in [0.25, 0.3) is 0 Å². The van der Waals surface area contributed by atoms with Gasteiger partial charge >= 0.3 is 0 Å². The van der Waals surface area contributed by atoms with E-state index in [1.807, 2.05) is 62.9 Å². The maximum atomic E-state index is 12.4. The molecular weight excluding hydrogens is 326 g/mol. The summed E-state index contributed by atoms with van der Waals surface area (Å²) in [6.07, 6.45) is 1.90. The Morgan fingerprint density at radius 2 is 1.77 bits per heavy atom. The van der Waals surface area contributed by atoms with Gasteiger partial charge in [0.05, 0.1) is 0 Å². The van der Waals surface area contributed by atoms with Crippen LogP contribution in [0, 0.1) is 5.92 Å². The minimum atomic E-state index is 0.0203. The summed E-state index contributed by atoms with van der Waals surface area (Å²) in [6.45, 7) is 10.7. The number of carbonyl (C=O) groups is 2. The zero-order valence-corrected chi connectivity index (χ0v) is 17.4. The third kappa shape index (κ3) is 6.36. The number of anilines is 2. The standard InChI is InChI=1S/C21H35N3O2/c1-8-16(5)24(21(26)9-2)14-17-13-18(10-11-19(17)23(6)7)22-20(25)12-15(3)4/h10-11,13,15-16H,8-9,12,14H2,1-7H3,(H,22,25)/t16-/m1/s1. The van der Waals surface area contributed by atoms with E-state index in [-0.39, 0.29) is 17.9 Å². The van der Waals surface area contributed by atoms with Gasteiger partial charge in [0.2, 0.25) is 11.8 Å². The molecule has 0 fully saturated rings. The number of rotatable bonds is 9. The first-order valence-electron chi connectivity index (χ1n) is 9.59. The maximum absolute atomic E-state index is 12.4. The SMILES string of the molecule is CCC(=O)N(Cc1cc(NC(=O)CC(C)C)ccc1N(C)C)[C@H](C)CC. The molecule has 0 aromatic heterocycles. The van der Waals surface area contributed by atoms with Gasteiger partial charge in [-0.3, -0.25) is 9.59 Å². The highest BCUT2D eigenvalue weighted by atomic mass is 16.2. The number of benzene rings is 1. The first-order valence-corrected chi connectivity index (χ1v) is 9.59. The molecule has 0 bridgehead atoms. The Morgan fingerprint density at radius 1 is 1.12 bits per heavy atom. The highest BCUT2D eigenvalue weighted by molar-refractivity contribution is 5.91. The second-order valence-electron chi connectivity index (χ2n) is 7.52. The van der Waals surface area contributed by atoms with Gasteiger partial charge in [-0.25, -0.2) is 0 Å². The van der Waals surface area contributed by atoms with Crippen molar-refractivity contribution < 1.29 is 9.59 Å². The lowest BCUT2D eigenvalue weighted by molar-refractivity contribution is -0.133. The Hall–Kier alpha value is -2.04. The second kappa shape index (κ2) is 10.2. The molecule has 5 nitrogen and oxygen atoms in total. The van der Waals surface area contributed by atoms with Crippen molar-refractivity contribution in [3.63, 3.8) is 0 Å². The summed E-state index contributed by atoms with van der Waals surface area (Å²) in [5.74, 6) is 0.490. The van der Waals surface area contributed by atoms with Gasteiger partial charge in [-0.15, -0.1) is 0 Å². The van der Waals surface area contributed by atoms with Crippen LogP contribution in [0.1, 0.15) is 59.4 Å². The van der Waals surface area contributed by atoms with Crippen LogP contribution in [-0.2, 0) is 16.1 Å². The van der Waals surface area contributed by atoms with Crippen molar-refractivity contribution in [3.8, 4) is 0 Å². The Bertz CT molecular complexity index is 611. The molecular formula is C21H35N3O2. The van der Waals surface area contributed by atoms with Crippen LogP contribution in [0.5, 0.6) is 0 Å². The lowest BCUT2D eigenvalue weighted by atomic mass is 10.1. The topological polar surface area (TPSA) is 52.7 Å². The smallest absolute Gasteiger partial charge is 0.224 e. The third-order valence-electron chi connectivity index (χ3n) is 4.53. The maximum Gasteiger partial charge on any atom is 0.224 e. The number of hydrogen-bond acceptors (Lipinski definition) is 3. The predicted octanol–water partition coefficient (Wildman–Crippen LogP) is 4.27. The van der Waals surface area contributed by atoms with Crippen LogP contribution < -0.4 is 10.2 Å². The van der Waals surface area contributed by atoms with Crippen LogP contribution in [0.3, 0.4) is 0 Å². The van der Waals surface area contributed by atoms with Gasteiger partial charge in [-0.1, -0.05) is 27.7 Å². The van der Waals surface area contributed by atoms with Crippen molar-refractivity contribution in [1.29, 1.82) is 0 Å². The molecule has 0 radical (unpaired) electrons. The highest BCUT2D eigenvalue weighted by Crippen LogP contribution is 2.26. The molecule has 1 rings (SSSR count). The average molecular weight is 362 g/mol. The molecule has 0 aliphatic carbocycles. The molecule has 0 saturated carbocycles. The average Bonchev–Trinajstić information content (AvgIpc) is 2.57. The van der Waals surface area contributed by atoms with Crippen molar-refractivity contribution in [2.45, 2.75) is 66.5 Å². The van der Waals surface area contributed by atoms with Gasteiger partial charge < -0.3 is 15.1 Å². The zero-order chi connectivity index (χ0) is 19.9. The summed E-state index contributed by atoms with van der Waals surface area (Å²) in [5, 5.41) is 2.98.